The molecule has 3 rings (SSSR count). The normalized spacial score (nSPS) is 26.3. The maximum Gasteiger partial charge on any atom is 0.220 e. The van der Waals surface area contributed by atoms with Crippen LogP contribution in [0.3, 0.4) is 0 Å². The topological polar surface area (TPSA) is 72.3 Å². The summed E-state index contributed by atoms with van der Waals surface area (Å²) in [6, 6.07) is 0.494. The van der Waals surface area contributed by atoms with Crippen LogP contribution in [0.1, 0.15) is 25.7 Å². The van der Waals surface area contributed by atoms with Crippen molar-refractivity contribution in [3.63, 3.8) is 0 Å². The average Bonchev–Trinajstić information content (AvgIpc) is 3.20. The fourth-order valence-electron chi connectivity index (χ4n) is 3.14. The summed E-state index contributed by atoms with van der Waals surface area (Å²) in [6.07, 6.45) is 6.99. The Morgan fingerprint density at radius 2 is 2.19 bits per heavy atom. The second kappa shape index (κ2) is 7.00. The highest BCUT2D eigenvalue weighted by Crippen LogP contribution is 2.19. The first-order chi connectivity index (χ1) is 10.3. The van der Waals surface area contributed by atoms with E-state index >= 15 is 0 Å². The molecule has 7 heteroatoms. The van der Waals surface area contributed by atoms with E-state index in [-0.39, 0.29) is 11.9 Å². The number of amides is 1. The molecule has 0 bridgehead atoms. The van der Waals surface area contributed by atoms with Crippen LogP contribution in [0.4, 0.5) is 0 Å². The number of carbonyl (C=O) groups is 1. The maximum absolute atomic E-state index is 12.1. The van der Waals surface area contributed by atoms with Gasteiger partial charge in [-0.25, -0.2) is 4.98 Å². The van der Waals surface area contributed by atoms with E-state index in [0.717, 1.165) is 32.7 Å². The minimum Gasteiger partial charge on any atom is -0.378 e. The molecule has 116 valence electrons. The zero-order chi connectivity index (χ0) is 14.5. The summed E-state index contributed by atoms with van der Waals surface area (Å²) in [5, 5.41) is 7.16. The summed E-state index contributed by atoms with van der Waals surface area (Å²) < 4.78 is 7.32. The molecule has 2 aliphatic heterocycles. The SMILES string of the molecule is O=C(CCCn1cncn1)N[C@H]1COC[C@@H]1N1CCCC1. The van der Waals surface area contributed by atoms with Gasteiger partial charge in [0.1, 0.15) is 12.7 Å². The van der Waals surface area contributed by atoms with E-state index in [1.54, 1.807) is 11.0 Å². The smallest absolute Gasteiger partial charge is 0.220 e. The number of ether oxygens (including phenoxy) is 1. The average molecular weight is 293 g/mol. The summed E-state index contributed by atoms with van der Waals surface area (Å²) >= 11 is 0. The molecule has 1 aromatic heterocycles. The largest absolute Gasteiger partial charge is 0.378 e. The number of aromatic nitrogens is 3. The molecule has 7 nitrogen and oxygen atoms in total. The molecule has 0 radical (unpaired) electrons. The van der Waals surface area contributed by atoms with Crippen molar-refractivity contribution in [2.24, 2.45) is 0 Å². The van der Waals surface area contributed by atoms with Gasteiger partial charge in [0.25, 0.3) is 0 Å². The summed E-state index contributed by atoms with van der Waals surface area (Å²) in [5.41, 5.74) is 0. The van der Waals surface area contributed by atoms with Crippen LogP contribution in [-0.2, 0) is 16.1 Å². The van der Waals surface area contributed by atoms with Gasteiger partial charge in [0.2, 0.25) is 5.91 Å². The zero-order valence-electron chi connectivity index (χ0n) is 12.3. The first-order valence-corrected chi connectivity index (χ1v) is 7.76. The number of nitrogens with zero attached hydrogens (tertiary/aromatic N) is 4. The van der Waals surface area contributed by atoms with Gasteiger partial charge in [-0.3, -0.25) is 14.4 Å². The van der Waals surface area contributed by atoms with Gasteiger partial charge in [-0.15, -0.1) is 0 Å². The van der Waals surface area contributed by atoms with E-state index in [0.29, 0.717) is 19.1 Å². The lowest BCUT2D eigenvalue weighted by molar-refractivity contribution is -0.122. The number of carbonyl (C=O) groups excluding carboxylic acids is 1. The van der Waals surface area contributed by atoms with Crippen molar-refractivity contribution in [3.8, 4) is 0 Å². The molecule has 0 saturated carbocycles. The molecule has 2 saturated heterocycles. The molecule has 0 aromatic carbocycles. The molecule has 1 N–H and O–H groups in total. The predicted octanol–water partition coefficient (Wildman–Crippen LogP) is 0.0377. The fourth-order valence-corrected chi connectivity index (χ4v) is 3.14. The number of rotatable bonds is 6. The minimum absolute atomic E-state index is 0.106. The Morgan fingerprint density at radius 1 is 1.33 bits per heavy atom. The zero-order valence-corrected chi connectivity index (χ0v) is 12.3. The van der Waals surface area contributed by atoms with Crippen LogP contribution in [0.25, 0.3) is 0 Å². The summed E-state index contributed by atoms with van der Waals surface area (Å²) in [4.78, 5) is 18.4. The third-order valence-electron chi connectivity index (χ3n) is 4.26. The van der Waals surface area contributed by atoms with Crippen molar-refractivity contribution in [1.29, 1.82) is 0 Å². The first-order valence-electron chi connectivity index (χ1n) is 7.76. The summed E-state index contributed by atoms with van der Waals surface area (Å²) in [5.74, 6) is 0.106. The van der Waals surface area contributed by atoms with Gasteiger partial charge >= 0.3 is 0 Å². The Morgan fingerprint density at radius 3 is 2.95 bits per heavy atom. The Balaban J connectivity index is 1.41. The van der Waals surface area contributed by atoms with Gasteiger partial charge in [-0.2, -0.15) is 5.10 Å². The Bertz CT molecular complexity index is 444. The minimum atomic E-state index is 0.106. The molecule has 1 aromatic rings. The first kappa shape index (κ1) is 14.5. The maximum atomic E-state index is 12.1. The Hall–Kier alpha value is -1.47. The van der Waals surface area contributed by atoms with Crippen molar-refractivity contribution < 1.29 is 9.53 Å². The van der Waals surface area contributed by atoms with Crippen molar-refractivity contribution in [1.82, 2.24) is 25.0 Å². The molecule has 0 spiro atoms. The van der Waals surface area contributed by atoms with Gasteiger partial charge in [0.15, 0.2) is 0 Å². The molecule has 1 amide bonds. The number of hydrogen-bond donors (Lipinski definition) is 1. The van der Waals surface area contributed by atoms with Crippen LogP contribution < -0.4 is 5.32 Å². The molecule has 2 fully saturated rings. The van der Waals surface area contributed by atoms with Crippen molar-refractivity contribution in [2.75, 3.05) is 26.3 Å². The van der Waals surface area contributed by atoms with Crippen molar-refractivity contribution >= 4 is 5.91 Å². The second-order valence-corrected chi connectivity index (χ2v) is 5.78. The number of aryl methyl sites for hydroxylation is 1. The van der Waals surface area contributed by atoms with Crippen molar-refractivity contribution in [3.05, 3.63) is 12.7 Å². The molecule has 2 atom stereocenters. The third-order valence-corrected chi connectivity index (χ3v) is 4.26. The Kier molecular flexibility index (Phi) is 4.82. The second-order valence-electron chi connectivity index (χ2n) is 5.78. The van der Waals surface area contributed by atoms with Crippen LogP contribution in [0, 0.1) is 0 Å². The quantitative estimate of drug-likeness (QED) is 0.801. The van der Waals surface area contributed by atoms with Gasteiger partial charge in [0, 0.05) is 13.0 Å². The molecule has 0 unspecified atom stereocenters. The van der Waals surface area contributed by atoms with E-state index in [1.807, 2.05) is 0 Å². The predicted molar refractivity (Wildman–Crippen MR) is 76.6 cm³/mol. The molecule has 3 heterocycles. The fraction of sp³-hybridized carbons (Fsp3) is 0.786. The van der Waals surface area contributed by atoms with Gasteiger partial charge < -0.3 is 10.1 Å². The van der Waals surface area contributed by atoms with E-state index < -0.39 is 0 Å². The number of hydrogen-bond acceptors (Lipinski definition) is 5. The third kappa shape index (κ3) is 3.79. The monoisotopic (exact) mass is 293 g/mol. The Labute approximate surface area is 124 Å². The van der Waals surface area contributed by atoms with Crippen LogP contribution in [0.5, 0.6) is 0 Å². The molecular weight excluding hydrogens is 270 g/mol. The molecular formula is C14H23N5O2. The lowest BCUT2D eigenvalue weighted by atomic mass is 10.1. The van der Waals surface area contributed by atoms with Crippen LogP contribution in [-0.4, -0.2) is 64.0 Å². The lowest BCUT2D eigenvalue weighted by Crippen LogP contribution is -2.50. The van der Waals surface area contributed by atoms with Gasteiger partial charge in [-0.1, -0.05) is 0 Å². The molecule has 2 aliphatic rings. The number of likely N-dealkylation sites (tertiary alicyclic amines) is 1. The standard InChI is InChI=1S/C14H23N5O2/c20-14(4-3-7-19-11-15-10-16-19)17-12-8-21-9-13(12)18-5-1-2-6-18/h10-13H,1-9H2,(H,17,20)/t12-,13-/m0/s1. The summed E-state index contributed by atoms with van der Waals surface area (Å²) in [7, 11) is 0. The summed E-state index contributed by atoms with van der Waals surface area (Å²) in [6.45, 7) is 4.36. The van der Waals surface area contributed by atoms with Crippen LogP contribution in [0.2, 0.25) is 0 Å². The highest BCUT2D eigenvalue weighted by atomic mass is 16.5. The number of nitrogens with one attached hydrogen (secondary N) is 1. The van der Waals surface area contributed by atoms with Crippen molar-refractivity contribution in [2.45, 2.75) is 44.3 Å². The van der Waals surface area contributed by atoms with Crippen LogP contribution in [0.15, 0.2) is 12.7 Å². The van der Waals surface area contributed by atoms with Gasteiger partial charge in [-0.05, 0) is 32.4 Å². The van der Waals surface area contributed by atoms with E-state index in [1.165, 1.54) is 19.2 Å². The molecule has 21 heavy (non-hydrogen) atoms. The molecule has 0 aliphatic carbocycles. The van der Waals surface area contributed by atoms with E-state index in [4.69, 9.17) is 4.74 Å². The van der Waals surface area contributed by atoms with E-state index in [2.05, 4.69) is 20.3 Å². The van der Waals surface area contributed by atoms with Gasteiger partial charge in [0.05, 0.1) is 25.3 Å². The highest BCUT2D eigenvalue weighted by Gasteiger charge is 2.34. The lowest BCUT2D eigenvalue weighted by Gasteiger charge is -2.27. The van der Waals surface area contributed by atoms with E-state index in [9.17, 15) is 4.79 Å². The van der Waals surface area contributed by atoms with Crippen LogP contribution >= 0.6 is 0 Å². The highest BCUT2D eigenvalue weighted by molar-refractivity contribution is 5.76.